The molecule has 2 rings (SSSR count). The van der Waals surface area contributed by atoms with Gasteiger partial charge in [0.25, 0.3) is 0 Å². The first-order chi connectivity index (χ1) is 9.65. The SMILES string of the molecule is CC(C)CNc1nncc(N(C)Cc2ccccc2)n1. The molecule has 5 heteroatoms. The monoisotopic (exact) mass is 271 g/mol. The number of anilines is 2. The molecule has 0 spiro atoms. The van der Waals surface area contributed by atoms with Crippen LogP contribution in [0.5, 0.6) is 0 Å². The van der Waals surface area contributed by atoms with E-state index >= 15 is 0 Å². The van der Waals surface area contributed by atoms with Gasteiger partial charge in [-0.2, -0.15) is 10.1 Å². The fourth-order valence-corrected chi connectivity index (χ4v) is 1.79. The lowest BCUT2D eigenvalue weighted by molar-refractivity contribution is 0.682. The number of hydrogen-bond donors (Lipinski definition) is 1. The minimum atomic E-state index is 0.546. The topological polar surface area (TPSA) is 53.9 Å². The van der Waals surface area contributed by atoms with E-state index in [1.54, 1.807) is 6.20 Å². The van der Waals surface area contributed by atoms with Gasteiger partial charge in [0, 0.05) is 20.1 Å². The van der Waals surface area contributed by atoms with E-state index in [0.29, 0.717) is 11.9 Å². The maximum atomic E-state index is 4.48. The lowest BCUT2D eigenvalue weighted by Gasteiger charge is -2.18. The zero-order valence-corrected chi connectivity index (χ0v) is 12.2. The van der Waals surface area contributed by atoms with Crippen molar-refractivity contribution in [2.24, 2.45) is 5.92 Å². The Morgan fingerprint density at radius 1 is 1.20 bits per heavy atom. The van der Waals surface area contributed by atoms with Gasteiger partial charge in [-0.15, -0.1) is 5.10 Å². The maximum absolute atomic E-state index is 4.48. The fourth-order valence-electron chi connectivity index (χ4n) is 1.79. The number of nitrogens with zero attached hydrogens (tertiary/aromatic N) is 4. The Balaban J connectivity index is 2.02. The quantitative estimate of drug-likeness (QED) is 0.875. The molecule has 1 N–H and O–H groups in total. The van der Waals surface area contributed by atoms with Crippen molar-refractivity contribution in [3.05, 3.63) is 42.1 Å². The second-order valence-electron chi connectivity index (χ2n) is 5.25. The highest BCUT2D eigenvalue weighted by atomic mass is 15.3. The van der Waals surface area contributed by atoms with Gasteiger partial charge in [-0.25, -0.2) is 0 Å². The van der Waals surface area contributed by atoms with Crippen LogP contribution < -0.4 is 10.2 Å². The van der Waals surface area contributed by atoms with Crippen LogP contribution in [-0.2, 0) is 6.54 Å². The van der Waals surface area contributed by atoms with Gasteiger partial charge in [-0.05, 0) is 11.5 Å². The van der Waals surface area contributed by atoms with Crippen LogP contribution in [0.25, 0.3) is 0 Å². The van der Waals surface area contributed by atoms with Crippen molar-refractivity contribution in [1.29, 1.82) is 0 Å². The highest BCUT2D eigenvalue weighted by Gasteiger charge is 2.06. The van der Waals surface area contributed by atoms with E-state index in [1.165, 1.54) is 5.56 Å². The average molecular weight is 271 g/mol. The van der Waals surface area contributed by atoms with Crippen molar-refractivity contribution >= 4 is 11.8 Å². The van der Waals surface area contributed by atoms with Crippen LogP contribution in [-0.4, -0.2) is 28.8 Å². The molecule has 2 aromatic rings. The van der Waals surface area contributed by atoms with E-state index in [9.17, 15) is 0 Å². The summed E-state index contributed by atoms with van der Waals surface area (Å²) in [6.07, 6.45) is 1.68. The molecule has 0 saturated heterocycles. The summed E-state index contributed by atoms with van der Waals surface area (Å²) in [5.41, 5.74) is 1.24. The highest BCUT2D eigenvalue weighted by molar-refractivity contribution is 5.40. The number of nitrogens with one attached hydrogen (secondary N) is 1. The largest absolute Gasteiger partial charge is 0.354 e. The number of rotatable bonds is 6. The molecule has 0 aliphatic heterocycles. The summed E-state index contributed by atoms with van der Waals surface area (Å²) < 4.78 is 0. The van der Waals surface area contributed by atoms with E-state index in [0.717, 1.165) is 18.9 Å². The molecule has 0 fully saturated rings. The molecule has 0 bridgehead atoms. The average Bonchev–Trinajstić information content (AvgIpc) is 2.46. The minimum Gasteiger partial charge on any atom is -0.354 e. The van der Waals surface area contributed by atoms with Crippen molar-refractivity contribution in [3.63, 3.8) is 0 Å². The molecule has 1 aromatic carbocycles. The lowest BCUT2D eigenvalue weighted by Crippen LogP contribution is -2.19. The van der Waals surface area contributed by atoms with Gasteiger partial charge in [-0.1, -0.05) is 44.2 Å². The molecule has 1 aromatic heterocycles. The van der Waals surface area contributed by atoms with Crippen molar-refractivity contribution in [1.82, 2.24) is 15.2 Å². The molecule has 5 nitrogen and oxygen atoms in total. The third-order valence-corrected chi connectivity index (χ3v) is 2.87. The molecule has 0 saturated carbocycles. The van der Waals surface area contributed by atoms with Gasteiger partial charge in [0.1, 0.15) is 0 Å². The smallest absolute Gasteiger partial charge is 0.244 e. The Bertz CT molecular complexity index is 527. The van der Waals surface area contributed by atoms with E-state index in [2.05, 4.69) is 51.4 Å². The summed E-state index contributed by atoms with van der Waals surface area (Å²) >= 11 is 0. The zero-order valence-electron chi connectivity index (χ0n) is 12.2. The maximum Gasteiger partial charge on any atom is 0.244 e. The first kappa shape index (κ1) is 14.2. The summed E-state index contributed by atoms with van der Waals surface area (Å²) in [6.45, 7) is 5.92. The van der Waals surface area contributed by atoms with Crippen molar-refractivity contribution in [2.75, 3.05) is 23.8 Å². The summed E-state index contributed by atoms with van der Waals surface area (Å²) in [5, 5.41) is 11.2. The Labute approximate surface area is 120 Å². The summed E-state index contributed by atoms with van der Waals surface area (Å²) in [4.78, 5) is 6.54. The molecule has 0 aliphatic rings. The predicted octanol–water partition coefficient (Wildman–Crippen LogP) is 2.58. The van der Waals surface area contributed by atoms with Crippen molar-refractivity contribution in [3.8, 4) is 0 Å². The van der Waals surface area contributed by atoms with E-state index in [-0.39, 0.29) is 0 Å². The first-order valence-electron chi connectivity index (χ1n) is 6.84. The second-order valence-corrected chi connectivity index (χ2v) is 5.25. The normalized spacial score (nSPS) is 10.6. The van der Waals surface area contributed by atoms with Gasteiger partial charge in [0.05, 0.1) is 6.20 Å². The van der Waals surface area contributed by atoms with Crippen LogP contribution in [0, 0.1) is 5.92 Å². The number of benzene rings is 1. The van der Waals surface area contributed by atoms with Gasteiger partial charge in [0.15, 0.2) is 5.82 Å². The Morgan fingerprint density at radius 3 is 2.65 bits per heavy atom. The van der Waals surface area contributed by atoms with Crippen molar-refractivity contribution in [2.45, 2.75) is 20.4 Å². The lowest BCUT2D eigenvalue weighted by atomic mass is 10.2. The van der Waals surface area contributed by atoms with Crippen LogP contribution >= 0.6 is 0 Å². The summed E-state index contributed by atoms with van der Waals surface area (Å²) in [6, 6.07) is 10.3. The van der Waals surface area contributed by atoms with Gasteiger partial charge >= 0.3 is 0 Å². The highest BCUT2D eigenvalue weighted by Crippen LogP contribution is 2.12. The first-order valence-corrected chi connectivity index (χ1v) is 6.84. The van der Waals surface area contributed by atoms with Crippen LogP contribution in [0.2, 0.25) is 0 Å². The van der Waals surface area contributed by atoms with Crippen LogP contribution in [0.15, 0.2) is 36.5 Å². The predicted molar refractivity (Wildman–Crippen MR) is 81.7 cm³/mol. The molecule has 106 valence electrons. The third kappa shape index (κ3) is 4.19. The Kier molecular flexibility index (Phi) is 4.87. The molecular formula is C15H21N5. The second kappa shape index (κ2) is 6.84. The Morgan fingerprint density at radius 2 is 1.95 bits per heavy atom. The van der Waals surface area contributed by atoms with E-state index in [1.807, 2.05) is 25.2 Å². The van der Waals surface area contributed by atoms with Gasteiger partial charge < -0.3 is 10.2 Å². The molecule has 0 aliphatic carbocycles. The Hall–Kier alpha value is -2.17. The number of aromatic nitrogens is 3. The third-order valence-electron chi connectivity index (χ3n) is 2.87. The minimum absolute atomic E-state index is 0.546. The molecule has 1 heterocycles. The van der Waals surface area contributed by atoms with Crippen LogP contribution in [0.1, 0.15) is 19.4 Å². The molecule has 0 atom stereocenters. The van der Waals surface area contributed by atoms with Gasteiger partial charge in [-0.3, -0.25) is 0 Å². The standard InChI is InChI=1S/C15H21N5/c1-12(2)9-16-15-18-14(10-17-19-15)20(3)11-13-7-5-4-6-8-13/h4-8,10,12H,9,11H2,1-3H3,(H,16,18,19). The summed E-state index contributed by atoms with van der Waals surface area (Å²) in [5.74, 6) is 1.94. The molecular weight excluding hydrogens is 250 g/mol. The van der Waals surface area contributed by atoms with E-state index in [4.69, 9.17) is 0 Å². The summed E-state index contributed by atoms with van der Waals surface area (Å²) in [7, 11) is 2.00. The number of hydrogen-bond acceptors (Lipinski definition) is 5. The molecule has 20 heavy (non-hydrogen) atoms. The van der Waals surface area contributed by atoms with Crippen molar-refractivity contribution < 1.29 is 0 Å². The van der Waals surface area contributed by atoms with Crippen LogP contribution in [0.4, 0.5) is 11.8 Å². The van der Waals surface area contributed by atoms with Crippen LogP contribution in [0.3, 0.4) is 0 Å². The molecule has 0 radical (unpaired) electrons. The van der Waals surface area contributed by atoms with Gasteiger partial charge in [0.2, 0.25) is 5.95 Å². The molecule has 0 amide bonds. The zero-order chi connectivity index (χ0) is 14.4. The molecule has 0 unspecified atom stereocenters. The van der Waals surface area contributed by atoms with E-state index < -0.39 is 0 Å². The fraction of sp³-hybridized carbons (Fsp3) is 0.400.